The Bertz CT molecular complexity index is 532. The zero-order valence-corrected chi connectivity index (χ0v) is 12.0. The van der Waals surface area contributed by atoms with Gasteiger partial charge in [-0.3, -0.25) is 4.79 Å². The van der Waals surface area contributed by atoms with Crippen LogP contribution in [0.15, 0.2) is 0 Å². The van der Waals surface area contributed by atoms with Gasteiger partial charge in [-0.05, 0) is 51.3 Å². The maximum absolute atomic E-state index is 10.4. The zero-order chi connectivity index (χ0) is 14.4. The molecule has 1 aliphatic heterocycles. The number of aromatic hydroxyl groups is 1. The Kier molecular flexibility index (Phi) is 3.20. The predicted molar refractivity (Wildman–Crippen MR) is 71.8 cm³/mol. The molecule has 0 aliphatic carbocycles. The van der Waals surface area contributed by atoms with Crippen LogP contribution < -0.4 is 4.74 Å². The van der Waals surface area contributed by atoms with Crippen LogP contribution in [0.25, 0.3) is 0 Å². The Morgan fingerprint density at radius 1 is 1.26 bits per heavy atom. The third-order valence-electron chi connectivity index (χ3n) is 4.15. The summed E-state index contributed by atoms with van der Waals surface area (Å²) in [6, 6.07) is 0. The van der Waals surface area contributed by atoms with Crippen LogP contribution in [0.4, 0.5) is 0 Å². The molecule has 0 saturated heterocycles. The van der Waals surface area contributed by atoms with Crippen molar-refractivity contribution in [3.63, 3.8) is 0 Å². The molecule has 104 valence electrons. The summed E-state index contributed by atoms with van der Waals surface area (Å²) in [5.41, 5.74) is 3.08. The van der Waals surface area contributed by atoms with Gasteiger partial charge in [0.05, 0.1) is 5.92 Å². The average Bonchev–Trinajstić information content (AvgIpc) is 2.63. The van der Waals surface area contributed by atoms with Gasteiger partial charge in [0.25, 0.3) is 6.47 Å². The number of phenols is 1. The van der Waals surface area contributed by atoms with Gasteiger partial charge >= 0.3 is 0 Å². The summed E-state index contributed by atoms with van der Waals surface area (Å²) in [6.45, 7) is 10.3. The van der Waals surface area contributed by atoms with E-state index in [1.165, 1.54) is 0 Å². The van der Waals surface area contributed by atoms with Gasteiger partial charge in [0.2, 0.25) is 0 Å². The first-order chi connectivity index (χ1) is 8.81. The third-order valence-corrected chi connectivity index (χ3v) is 4.15. The van der Waals surface area contributed by atoms with E-state index in [2.05, 4.69) is 0 Å². The Labute approximate surface area is 113 Å². The van der Waals surface area contributed by atoms with Crippen molar-refractivity contribution in [3.05, 3.63) is 22.3 Å². The van der Waals surface area contributed by atoms with Crippen molar-refractivity contribution >= 4 is 6.47 Å². The summed E-state index contributed by atoms with van der Waals surface area (Å²) in [6.07, 6.45) is 0. The largest absolute Gasteiger partial charge is 0.507 e. The average molecular weight is 264 g/mol. The molecule has 4 heteroatoms. The van der Waals surface area contributed by atoms with Crippen molar-refractivity contribution in [2.45, 2.75) is 46.1 Å². The number of rotatable bonds is 3. The molecule has 0 amide bonds. The summed E-state index contributed by atoms with van der Waals surface area (Å²) in [5.74, 6) is 1.05. The Morgan fingerprint density at radius 2 is 1.89 bits per heavy atom. The van der Waals surface area contributed by atoms with E-state index in [0.717, 1.165) is 28.0 Å². The van der Waals surface area contributed by atoms with E-state index in [1.54, 1.807) is 0 Å². The standard InChI is InChI=1S/C15H20O4/c1-8-9(2)14-12(10(3)13(8)17)11(6-18-7-16)15(4,5)19-14/h7,11,17H,6H2,1-5H3/t11-/m1/s1. The maximum Gasteiger partial charge on any atom is 0.293 e. The number of carbonyl (C=O) groups excluding carboxylic acids is 1. The van der Waals surface area contributed by atoms with Crippen molar-refractivity contribution in [1.29, 1.82) is 0 Å². The van der Waals surface area contributed by atoms with Crippen molar-refractivity contribution in [3.8, 4) is 11.5 Å². The van der Waals surface area contributed by atoms with Gasteiger partial charge in [-0.2, -0.15) is 0 Å². The van der Waals surface area contributed by atoms with Crippen molar-refractivity contribution in [2.75, 3.05) is 6.61 Å². The van der Waals surface area contributed by atoms with Crippen LogP contribution in [0, 0.1) is 20.8 Å². The van der Waals surface area contributed by atoms with E-state index in [0.29, 0.717) is 12.2 Å². The fourth-order valence-electron chi connectivity index (χ4n) is 2.78. The molecule has 1 aromatic carbocycles. The van der Waals surface area contributed by atoms with Crippen LogP contribution in [0.1, 0.15) is 42.0 Å². The molecule has 1 aromatic rings. The lowest BCUT2D eigenvalue weighted by atomic mass is 9.83. The molecule has 4 nitrogen and oxygen atoms in total. The lowest BCUT2D eigenvalue weighted by Crippen LogP contribution is -2.33. The molecule has 1 heterocycles. The summed E-state index contributed by atoms with van der Waals surface area (Å²) in [4.78, 5) is 10.4. The smallest absolute Gasteiger partial charge is 0.293 e. The van der Waals surface area contributed by atoms with Crippen LogP contribution >= 0.6 is 0 Å². The molecule has 0 saturated carbocycles. The second-order valence-corrected chi connectivity index (χ2v) is 5.65. The molecular formula is C15H20O4. The van der Waals surface area contributed by atoms with Crippen molar-refractivity contribution < 1.29 is 19.4 Å². The zero-order valence-electron chi connectivity index (χ0n) is 12.0. The molecule has 1 N–H and O–H groups in total. The van der Waals surface area contributed by atoms with Crippen molar-refractivity contribution in [2.24, 2.45) is 0 Å². The van der Waals surface area contributed by atoms with Crippen LogP contribution in [0.2, 0.25) is 0 Å². The highest BCUT2D eigenvalue weighted by atomic mass is 16.5. The number of phenolic OH excluding ortho intramolecular Hbond substituents is 1. The lowest BCUT2D eigenvalue weighted by molar-refractivity contribution is -0.130. The number of carbonyl (C=O) groups is 1. The third kappa shape index (κ3) is 1.95. The number of benzene rings is 1. The maximum atomic E-state index is 10.4. The van der Waals surface area contributed by atoms with Gasteiger partial charge in [0.15, 0.2) is 0 Å². The first-order valence-corrected chi connectivity index (χ1v) is 6.38. The summed E-state index contributed by atoms with van der Waals surface area (Å²) in [5, 5.41) is 10.2. The molecule has 0 spiro atoms. The lowest BCUT2D eigenvalue weighted by Gasteiger charge is -2.25. The van der Waals surface area contributed by atoms with E-state index in [4.69, 9.17) is 9.47 Å². The van der Waals surface area contributed by atoms with Gasteiger partial charge in [0, 0.05) is 5.56 Å². The van der Waals surface area contributed by atoms with Crippen LogP contribution in [0.3, 0.4) is 0 Å². The van der Waals surface area contributed by atoms with Gasteiger partial charge in [-0.1, -0.05) is 0 Å². The molecule has 0 fully saturated rings. The van der Waals surface area contributed by atoms with Gasteiger partial charge in [-0.15, -0.1) is 0 Å². The highest BCUT2D eigenvalue weighted by molar-refractivity contribution is 5.61. The van der Waals surface area contributed by atoms with Crippen LogP contribution in [-0.2, 0) is 9.53 Å². The van der Waals surface area contributed by atoms with E-state index in [-0.39, 0.29) is 12.5 Å². The fourth-order valence-corrected chi connectivity index (χ4v) is 2.78. The summed E-state index contributed by atoms with van der Waals surface area (Å²) < 4.78 is 11.0. The molecule has 1 aliphatic rings. The molecule has 1 atom stereocenters. The molecule has 0 unspecified atom stereocenters. The van der Waals surface area contributed by atoms with E-state index in [1.807, 2.05) is 34.6 Å². The van der Waals surface area contributed by atoms with Crippen LogP contribution in [-0.4, -0.2) is 23.8 Å². The molecular weight excluding hydrogens is 244 g/mol. The molecule has 0 aromatic heterocycles. The number of ether oxygens (including phenoxy) is 2. The fraction of sp³-hybridized carbons (Fsp3) is 0.533. The molecule has 19 heavy (non-hydrogen) atoms. The monoisotopic (exact) mass is 264 g/mol. The Hall–Kier alpha value is -1.71. The summed E-state index contributed by atoms with van der Waals surface area (Å²) >= 11 is 0. The quantitative estimate of drug-likeness (QED) is 0.853. The second-order valence-electron chi connectivity index (χ2n) is 5.65. The number of hydrogen-bond acceptors (Lipinski definition) is 4. The minimum Gasteiger partial charge on any atom is -0.507 e. The SMILES string of the molecule is Cc1c(C)c2c(c(C)c1O)[C@@H](COC=O)C(C)(C)O2. The topological polar surface area (TPSA) is 55.8 Å². The van der Waals surface area contributed by atoms with E-state index >= 15 is 0 Å². The van der Waals surface area contributed by atoms with Crippen LogP contribution in [0.5, 0.6) is 11.5 Å². The highest BCUT2D eigenvalue weighted by Gasteiger charge is 2.44. The normalized spacial score (nSPS) is 19.7. The first kappa shape index (κ1) is 13.7. The predicted octanol–water partition coefficient (Wildman–Crippen LogP) is 2.75. The number of hydrogen-bond donors (Lipinski definition) is 1. The van der Waals surface area contributed by atoms with Gasteiger partial charge in [-0.25, -0.2) is 0 Å². The van der Waals surface area contributed by atoms with Gasteiger partial charge in [0.1, 0.15) is 23.7 Å². The number of fused-ring (bicyclic) bond motifs is 1. The molecule has 0 radical (unpaired) electrons. The van der Waals surface area contributed by atoms with E-state index < -0.39 is 5.60 Å². The molecule has 2 rings (SSSR count). The van der Waals surface area contributed by atoms with Gasteiger partial charge < -0.3 is 14.6 Å². The minimum atomic E-state index is -0.457. The minimum absolute atomic E-state index is 0.0714. The molecule has 0 bridgehead atoms. The van der Waals surface area contributed by atoms with Crippen molar-refractivity contribution in [1.82, 2.24) is 0 Å². The highest BCUT2D eigenvalue weighted by Crippen LogP contribution is 2.51. The first-order valence-electron chi connectivity index (χ1n) is 6.38. The van der Waals surface area contributed by atoms with E-state index in [9.17, 15) is 9.90 Å². The summed E-state index contributed by atoms with van der Waals surface area (Å²) in [7, 11) is 0. The Balaban J connectivity index is 2.61. The second kappa shape index (κ2) is 4.44. The Morgan fingerprint density at radius 3 is 2.47 bits per heavy atom.